The highest BCUT2D eigenvalue weighted by atomic mass is 19.4. The molecule has 0 aromatic heterocycles. The van der Waals surface area contributed by atoms with Gasteiger partial charge in [0, 0.05) is 5.41 Å². The first-order valence-electron chi connectivity index (χ1n) is 4.67. The summed E-state index contributed by atoms with van der Waals surface area (Å²) >= 11 is 0. The van der Waals surface area contributed by atoms with E-state index < -0.39 is 11.7 Å². The van der Waals surface area contributed by atoms with Gasteiger partial charge in [-0.25, -0.2) is 0 Å². The molecule has 0 bridgehead atoms. The van der Waals surface area contributed by atoms with E-state index in [2.05, 4.69) is 0 Å². The zero-order valence-electron chi connectivity index (χ0n) is 8.27. The molecule has 1 nitrogen and oxygen atoms in total. The lowest BCUT2D eigenvalue weighted by Crippen LogP contribution is -2.43. The van der Waals surface area contributed by atoms with E-state index in [1.54, 1.807) is 6.07 Å². The van der Waals surface area contributed by atoms with Gasteiger partial charge >= 0.3 is 6.18 Å². The lowest BCUT2D eigenvalue weighted by Gasteiger charge is -2.38. The molecule has 1 aliphatic heterocycles. The number of benzene rings is 1. The summed E-state index contributed by atoms with van der Waals surface area (Å²) in [5.41, 5.74) is -0.141. The molecule has 1 heterocycles. The van der Waals surface area contributed by atoms with Crippen molar-refractivity contribution in [3.05, 3.63) is 35.4 Å². The predicted octanol–water partition coefficient (Wildman–Crippen LogP) is 2.99. The molecule has 0 saturated carbocycles. The molecule has 1 aromatic rings. The first-order chi connectivity index (χ1) is 6.92. The average Bonchev–Trinajstić information content (AvgIpc) is 2.13. The molecule has 2 rings (SSSR count). The molecule has 1 saturated heterocycles. The summed E-state index contributed by atoms with van der Waals surface area (Å²) in [6.07, 6.45) is -4.27. The van der Waals surface area contributed by atoms with Gasteiger partial charge in [-0.05, 0) is 11.6 Å². The maximum absolute atomic E-state index is 12.4. The van der Waals surface area contributed by atoms with Crippen LogP contribution in [0.1, 0.15) is 18.1 Å². The van der Waals surface area contributed by atoms with E-state index in [4.69, 9.17) is 4.74 Å². The van der Waals surface area contributed by atoms with Gasteiger partial charge < -0.3 is 4.74 Å². The number of halogens is 3. The lowest BCUT2D eigenvalue weighted by molar-refractivity contribution is -0.137. The molecule has 15 heavy (non-hydrogen) atoms. The average molecular weight is 216 g/mol. The molecule has 0 aliphatic carbocycles. The van der Waals surface area contributed by atoms with Gasteiger partial charge in [-0.3, -0.25) is 0 Å². The molecule has 1 fully saturated rings. The fourth-order valence-corrected chi connectivity index (χ4v) is 1.65. The molecule has 0 radical (unpaired) electrons. The summed E-state index contributed by atoms with van der Waals surface area (Å²) in [4.78, 5) is 0. The second-order valence-corrected chi connectivity index (χ2v) is 4.13. The fourth-order valence-electron chi connectivity index (χ4n) is 1.65. The maximum Gasteiger partial charge on any atom is 0.416 e. The van der Waals surface area contributed by atoms with Gasteiger partial charge in [-0.2, -0.15) is 13.2 Å². The zero-order chi connectivity index (χ0) is 11.1. The molecule has 0 spiro atoms. The van der Waals surface area contributed by atoms with Crippen LogP contribution in [-0.4, -0.2) is 13.2 Å². The SMILES string of the molecule is CC1(c2cccc(C(F)(F)F)c2)COC1. The maximum atomic E-state index is 12.4. The van der Waals surface area contributed by atoms with Crippen LogP contribution in [0.5, 0.6) is 0 Å². The Hall–Kier alpha value is -1.03. The van der Waals surface area contributed by atoms with Crippen molar-refractivity contribution in [1.82, 2.24) is 0 Å². The minimum Gasteiger partial charge on any atom is -0.379 e. The van der Waals surface area contributed by atoms with Crippen LogP contribution in [0.15, 0.2) is 24.3 Å². The molecule has 1 aliphatic rings. The Morgan fingerprint density at radius 2 is 1.93 bits per heavy atom. The molecule has 4 heteroatoms. The second kappa shape index (κ2) is 3.23. The summed E-state index contributed by atoms with van der Waals surface area (Å²) < 4.78 is 42.4. The van der Waals surface area contributed by atoms with E-state index in [0.29, 0.717) is 18.8 Å². The third-order valence-electron chi connectivity index (χ3n) is 2.73. The Balaban J connectivity index is 2.35. The van der Waals surface area contributed by atoms with Crippen LogP contribution in [0.4, 0.5) is 13.2 Å². The predicted molar refractivity (Wildman–Crippen MR) is 49.6 cm³/mol. The van der Waals surface area contributed by atoms with Crippen LogP contribution in [-0.2, 0) is 16.3 Å². The summed E-state index contributed by atoms with van der Waals surface area (Å²) in [7, 11) is 0. The van der Waals surface area contributed by atoms with Crippen LogP contribution in [0, 0.1) is 0 Å². The van der Waals surface area contributed by atoms with E-state index >= 15 is 0 Å². The number of rotatable bonds is 1. The van der Waals surface area contributed by atoms with Crippen molar-refractivity contribution in [1.29, 1.82) is 0 Å². The van der Waals surface area contributed by atoms with E-state index in [1.807, 2.05) is 6.92 Å². The van der Waals surface area contributed by atoms with Gasteiger partial charge in [-0.15, -0.1) is 0 Å². The normalized spacial score (nSPS) is 19.7. The third-order valence-corrected chi connectivity index (χ3v) is 2.73. The topological polar surface area (TPSA) is 9.23 Å². The second-order valence-electron chi connectivity index (χ2n) is 4.13. The van der Waals surface area contributed by atoms with Crippen molar-refractivity contribution in [2.45, 2.75) is 18.5 Å². The number of alkyl halides is 3. The van der Waals surface area contributed by atoms with E-state index in [0.717, 1.165) is 6.07 Å². The van der Waals surface area contributed by atoms with Crippen molar-refractivity contribution in [2.75, 3.05) is 13.2 Å². The van der Waals surface area contributed by atoms with Gasteiger partial charge in [0.1, 0.15) is 0 Å². The van der Waals surface area contributed by atoms with Gasteiger partial charge in [0.2, 0.25) is 0 Å². The Morgan fingerprint density at radius 3 is 2.40 bits per heavy atom. The van der Waals surface area contributed by atoms with Crippen LogP contribution < -0.4 is 0 Å². The largest absolute Gasteiger partial charge is 0.416 e. The molecule has 0 atom stereocenters. The van der Waals surface area contributed by atoms with E-state index in [9.17, 15) is 13.2 Å². The minimum absolute atomic E-state index is 0.249. The molecule has 0 unspecified atom stereocenters. The molecular weight excluding hydrogens is 205 g/mol. The lowest BCUT2D eigenvalue weighted by atomic mass is 9.80. The Morgan fingerprint density at radius 1 is 1.27 bits per heavy atom. The quantitative estimate of drug-likeness (QED) is 0.701. The van der Waals surface area contributed by atoms with Crippen molar-refractivity contribution >= 4 is 0 Å². The van der Waals surface area contributed by atoms with Crippen LogP contribution in [0.3, 0.4) is 0 Å². The van der Waals surface area contributed by atoms with E-state index in [-0.39, 0.29) is 5.41 Å². The van der Waals surface area contributed by atoms with Gasteiger partial charge in [0.15, 0.2) is 0 Å². The Bertz CT molecular complexity index is 366. The highest BCUT2D eigenvalue weighted by Gasteiger charge is 2.37. The first-order valence-corrected chi connectivity index (χ1v) is 4.67. The van der Waals surface area contributed by atoms with Gasteiger partial charge in [0.25, 0.3) is 0 Å². The van der Waals surface area contributed by atoms with Crippen molar-refractivity contribution in [3.63, 3.8) is 0 Å². The van der Waals surface area contributed by atoms with E-state index in [1.165, 1.54) is 12.1 Å². The number of hydrogen-bond donors (Lipinski definition) is 0. The van der Waals surface area contributed by atoms with Crippen LogP contribution >= 0.6 is 0 Å². The molecule has 1 aromatic carbocycles. The molecule has 0 N–H and O–H groups in total. The minimum atomic E-state index is -4.27. The fraction of sp³-hybridized carbons (Fsp3) is 0.455. The highest BCUT2D eigenvalue weighted by molar-refractivity contribution is 5.32. The van der Waals surface area contributed by atoms with Gasteiger partial charge in [0.05, 0.1) is 18.8 Å². The first kappa shape index (κ1) is 10.5. The monoisotopic (exact) mass is 216 g/mol. The van der Waals surface area contributed by atoms with Gasteiger partial charge in [-0.1, -0.05) is 25.1 Å². The third kappa shape index (κ3) is 1.86. The van der Waals surface area contributed by atoms with Crippen molar-refractivity contribution < 1.29 is 17.9 Å². The van der Waals surface area contributed by atoms with Crippen LogP contribution in [0.25, 0.3) is 0 Å². The molecule has 82 valence electrons. The number of hydrogen-bond acceptors (Lipinski definition) is 1. The standard InChI is InChI=1S/C11H11F3O/c1-10(6-15-7-10)8-3-2-4-9(5-8)11(12,13)14/h2-5H,6-7H2,1H3. The summed E-state index contributed by atoms with van der Waals surface area (Å²) in [6, 6.07) is 5.47. The summed E-state index contributed by atoms with van der Waals surface area (Å²) in [5, 5.41) is 0. The van der Waals surface area contributed by atoms with Crippen molar-refractivity contribution in [3.8, 4) is 0 Å². The highest BCUT2D eigenvalue weighted by Crippen LogP contribution is 2.35. The summed E-state index contributed by atoms with van der Waals surface area (Å²) in [5.74, 6) is 0. The summed E-state index contributed by atoms with van der Waals surface area (Å²) in [6.45, 7) is 2.90. The molecule has 0 amide bonds. The number of ether oxygens (including phenoxy) is 1. The van der Waals surface area contributed by atoms with Crippen LogP contribution in [0.2, 0.25) is 0 Å². The molecular formula is C11H11F3O. The van der Waals surface area contributed by atoms with Crippen molar-refractivity contribution in [2.24, 2.45) is 0 Å². The Labute approximate surface area is 85.9 Å². The smallest absolute Gasteiger partial charge is 0.379 e. The zero-order valence-corrected chi connectivity index (χ0v) is 8.27. The Kier molecular flexibility index (Phi) is 2.26.